The van der Waals surface area contributed by atoms with Gasteiger partial charge in [-0.1, -0.05) is 30.6 Å². The molecule has 0 atom stereocenters. The molecule has 2 aromatic rings. The Labute approximate surface area is 116 Å². The van der Waals surface area contributed by atoms with Gasteiger partial charge in [0.2, 0.25) is 11.7 Å². The summed E-state index contributed by atoms with van der Waals surface area (Å²) in [4.78, 5) is 4.22. The second-order valence-corrected chi connectivity index (χ2v) is 5.07. The fraction of sp³-hybridized carbons (Fsp3) is 0.385. The molecule has 0 fully saturated rings. The van der Waals surface area contributed by atoms with Gasteiger partial charge >= 0.3 is 0 Å². The van der Waals surface area contributed by atoms with E-state index in [1.165, 1.54) is 18.2 Å². The zero-order chi connectivity index (χ0) is 13.8. The second-order valence-electron chi connectivity index (χ2n) is 4.66. The van der Waals surface area contributed by atoms with E-state index in [1.54, 1.807) is 0 Å². The molecule has 0 spiro atoms. The Balaban J connectivity index is 2.08. The molecule has 19 heavy (non-hydrogen) atoms. The first-order valence-corrected chi connectivity index (χ1v) is 6.43. The van der Waals surface area contributed by atoms with Crippen molar-refractivity contribution in [2.24, 2.45) is 5.92 Å². The molecule has 2 rings (SSSR count). The summed E-state index contributed by atoms with van der Waals surface area (Å²) in [6, 6.07) is 4.08. The van der Waals surface area contributed by atoms with Crippen LogP contribution in [0.3, 0.4) is 0 Å². The summed E-state index contributed by atoms with van der Waals surface area (Å²) >= 11 is 5.94. The molecule has 1 heterocycles. The highest BCUT2D eigenvalue weighted by Gasteiger charge is 2.12. The lowest BCUT2D eigenvalue weighted by Crippen LogP contribution is -2.19. The highest BCUT2D eigenvalue weighted by Crippen LogP contribution is 2.26. The Morgan fingerprint density at radius 1 is 1.42 bits per heavy atom. The highest BCUT2D eigenvalue weighted by atomic mass is 35.5. The largest absolute Gasteiger partial charge is 0.338 e. The molecular formula is C13H15ClFN3O. The summed E-state index contributed by atoms with van der Waals surface area (Å²) in [6.07, 6.45) is 0. The quantitative estimate of drug-likeness (QED) is 0.915. The van der Waals surface area contributed by atoms with Gasteiger partial charge in [0.15, 0.2) is 0 Å². The Bertz CT molecular complexity index is 557. The number of benzene rings is 1. The molecule has 0 amide bonds. The van der Waals surface area contributed by atoms with E-state index in [2.05, 4.69) is 29.3 Å². The Morgan fingerprint density at radius 2 is 2.21 bits per heavy atom. The monoisotopic (exact) mass is 283 g/mol. The molecule has 102 valence electrons. The van der Waals surface area contributed by atoms with Gasteiger partial charge in [-0.3, -0.25) is 0 Å². The molecule has 0 radical (unpaired) electrons. The zero-order valence-corrected chi connectivity index (χ0v) is 11.5. The Kier molecular flexibility index (Phi) is 4.50. The van der Waals surface area contributed by atoms with Crippen molar-refractivity contribution in [3.8, 4) is 11.4 Å². The van der Waals surface area contributed by atoms with E-state index in [0.717, 1.165) is 6.54 Å². The smallest absolute Gasteiger partial charge is 0.240 e. The SMILES string of the molecule is CC(C)CNCc1nc(-c2ccc(F)cc2Cl)no1. The standard InChI is InChI=1S/C13H15ClFN3O/c1-8(2)6-16-7-12-17-13(18-19-12)10-4-3-9(15)5-11(10)14/h3-5,8,16H,6-7H2,1-2H3. The molecule has 1 aromatic carbocycles. The fourth-order valence-electron chi connectivity index (χ4n) is 1.57. The van der Waals surface area contributed by atoms with Crippen LogP contribution in [0, 0.1) is 11.7 Å². The van der Waals surface area contributed by atoms with Crippen molar-refractivity contribution in [1.29, 1.82) is 0 Å². The molecule has 6 heteroatoms. The van der Waals surface area contributed by atoms with Crippen LogP contribution in [-0.4, -0.2) is 16.7 Å². The van der Waals surface area contributed by atoms with Crippen LogP contribution in [0.4, 0.5) is 4.39 Å². The van der Waals surface area contributed by atoms with Crippen molar-refractivity contribution in [2.45, 2.75) is 20.4 Å². The third-order valence-corrected chi connectivity index (χ3v) is 2.78. The Hall–Kier alpha value is -1.46. The molecule has 0 unspecified atom stereocenters. The topological polar surface area (TPSA) is 51.0 Å². The van der Waals surface area contributed by atoms with Gasteiger partial charge in [0.05, 0.1) is 11.6 Å². The van der Waals surface area contributed by atoms with Gasteiger partial charge in [-0.25, -0.2) is 4.39 Å². The van der Waals surface area contributed by atoms with Crippen LogP contribution in [-0.2, 0) is 6.54 Å². The number of hydrogen-bond donors (Lipinski definition) is 1. The summed E-state index contributed by atoms with van der Waals surface area (Å²) in [5.41, 5.74) is 0.557. The first-order chi connectivity index (χ1) is 9.06. The summed E-state index contributed by atoms with van der Waals surface area (Å²) < 4.78 is 18.1. The van der Waals surface area contributed by atoms with E-state index in [9.17, 15) is 4.39 Å². The molecule has 0 bridgehead atoms. The van der Waals surface area contributed by atoms with Gasteiger partial charge in [-0.2, -0.15) is 4.98 Å². The van der Waals surface area contributed by atoms with E-state index in [4.69, 9.17) is 16.1 Å². The van der Waals surface area contributed by atoms with Crippen molar-refractivity contribution < 1.29 is 8.91 Å². The number of hydrogen-bond acceptors (Lipinski definition) is 4. The van der Waals surface area contributed by atoms with Crippen molar-refractivity contribution >= 4 is 11.6 Å². The lowest BCUT2D eigenvalue weighted by molar-refractivity contribution is 0.364. The first-order valence-electron chi connectivity index (χ1n) is 6.05. The lowest BCUT2D eigenvalue weighted by Gasteiger charge is -2.03. The molecular weight excluding hydrogens is 269 g/mol. The van der Waals surface area contributed by atoms with Gasteiger partial charge in [-0.05, 0) is 30.7 Å². The van der Waals surface area contributed by atoms with Gasteiger partial charge in [0.25, 0.3) is 0 Å². The molecule has 0 aliphatic heterocycles. The minimum atomic E-state index is -0.393. The maximum atomic E-state index is 13.0. The van der Waals surface area contributed by atoms with Gasteiger partial charge in [0, 0.05) is 5.56 Å². The normalized spacial score (nSPS) is 11.2. The summed E-state index contributed by atoms with van der Waals surface area (Å²) in [6.45, 7) is 5.61. The minimum absolute atomic E-state index is 0.266. The number of halogens is 2. The molecule has 0 aliphatic rings. The molecule has 0 saturated carbocycles. The van der Waals surface area contributed by atoms with E-state index in [0.29, 0.717) is 29.7 Å². The van der Waals surface area contributed by atoms with Crippen molar-refractivity contribution in [3.05, 3.63) is 34.9 Å². The van der Waals surface area contributed by atoms with E-state index in [-0.39, 0.29) is 5.02 Å². The van der Waals surface area contributed by atoms with Crippen LogP contribution in [0.15, 0.2) is 22.7 Å². The maximum absolute atomic E-state index is 13.0. The predicted molar refractivity (Wildman–Crippen MR) is 71.2 cm³/mol. The first kappa shape index (κ1) is 14.0. The molecule has 0 aliphatic carbocycles. The molecule has 1 aromatic heterocycles. The summed E-state index contributed by atoms with van der Waals surface area (Å²) in [5, 5.41) is 7.31. The average molecular weight is 284 g/mol. The summed E-state index contributed by atoms with van der Waals surface area (Å²) in [5.74, 6) is 1.01. The van der Waals surface area contributed by atoms with Gasteiger partial charge < -0.3 is 9.84 Å². The van der Waals surface area contributed by atoms with E-state index < -0.39 is 5.82 Å². The number of rotatable bonds is 5. The van der Waals surface area contributed by atoms with Gasteiger partial charge in [-0.15, -0.1) is 0 Å². The number of nitrogens with zero attached hydrogens (tertiary/aromatic N) is 2. The average Bonchev–Trinajstić information content (AvgIpc) is 2.77. The van der Waals surface area contributed by atoms with Crippen LogP contribution in [0.2, 0.25) is 5.02 Å². The predicted octanol–water partition coefficient (Wildman–Crippen LogP) is 3.27. The number of aromatic nitrogens is 2. The van der Waals surface area contributed by atoms with Crippen molar-refractivity contribution in [3.63, 3.8) is 0 Å². The number of nitrogens with one attached hydrogen (secondary N) is 1. The maximum Gasteiger partial charge on any atom is 0.240 e. The summed E-state index contributed by atoms with van der Waals surface area (Å²) in [7, 11) is 0. The second kappa shape index (κ2) is 6.12. The fourth-order valence-corrected chi connectivity index (χ4v) is 1.83. The highest BCUT2D eigenvalue weighted by molar-refractivity contribution is 6.33. The van der Waals surface area contributed by atoms with Crippen LogP contribution in [0.25, 0.3) is 11.4 Å². The van der Waals surface area contributed by atoms with Crippen molar-refractivity contribution in [2.75, 3.05) is 6.54 Å². The zero-order valence-electron chi connectivity index (χ0n) is 10.8. The van der Waals surface area contributed by atoms with Crippen LogP contribution in [0.5, 0.6) is 0 Å². The molecule has 0 saturated heterocycles. The van der Waals surface area contributed by atoms with Crippen LogP contribution >= 0.6 is 11.6 Å². The van der Waals surface area contributed by atoms with E-state index >= 15 is 0 Å². The van der Waals surface area contributed by atoms with Gasteiger partial charge in [0.1, 0.15) is 5.82 Å². The van der Waals surface area contributed by atoms with Crippen molar-refractivity contribution in [1.82, 2.24) is 15.5 Å². The van der Waals surface area contributed by atoms with Crippen LogP contribution < -0.4 is 5.32 Å². The minimum Gasteiger partial charge on any atom is -0.338 e. The third-order valence-electron chi connectivity index (χ3n) is 2.47. The molecule has 1 N–H and O–H groups in total. The Morgan fingerprint density at radius 3 is 2.89 bits per heavy atom. The van der Waals surface area contributed by atoms with E-state index in [1.807, 2.05) is 0 Å². The molecule has 4 nitrogen and oxygen atoms in total. The lowest BCUT2D eigenvalue weighted by atomic mass is 10.2. The third kappa shape index (κ3) is 3.75. The van der Waals surface area contributed by atoms with Crippen LogP contribution in [0.1, 0.15) is 19.7 Å².